The first-order chi connectivity index (χ1) is 13.5. The van der Waals surface area contributed by atoms with Crippen LogP contribution in [-0.4, -0.2) is 17.6 Å². The highest BCUT2D eigenvalue weighted by Crippen LogP contribution is 2.44. The molecule has 1 aliphatic heterocycles. The van der Waals surface area contributed by atoms with Crippen LogP contribution in [0, 0.1) is 5.82 Å². The van der Waals surface area contributed by atoms with Gasteiger partial charge in [-0.3, -0.25) is 0 Å². The number of carboxylic acids is 1. The van der Waals surface area contributed by atoms with Gasteiger partial charge in [0.25, 0.3) is 0 Å². The van der Waals surface area contributed by atoms with Gasteiger partial charge in [-0.25, -0.2) is 9.18 Å². The van der Waals surface area contributed by atoms with Gasteiger partial charge in [-0.05, 0) is 42.8 Å². The summed E-state index contributed by atoms with van der Waals surface area (Å²) in [6, 6.07) is 16.3. The fourth-order valence-electron chi connectivity index (χ4n) is 3.51. The summed E-state index contributed by atoms with van der Waals surface area (Å²) in [6.07, 6.45) is 0. The first-order valence-electron chi connectivity index (χ1n) is 8.88. The minimum absolute atomic E-state index is 0.183. The molecule has 0 saturated carbocycles. The van der Waals surface area contributed by atoms with Crippen LogP contribution in [0.4, 0.5) is 15.8 Å². The molecule has 1 N–H and O–H groups in total. The summed E-state index contributed by atoms with van der Waals surface area (Å²) in [6.45, 7) is 2.97. The van der Waals surface area contributed by atoms with Crippen molar-refractivity contribution in [1.29, 1.82) is 0 Å². The summed E-state index contributed by atoms with van der Waals surface area (Å²) in [5.41, 5.74) is 3.56. The number of para-hydroxylation sites is 1. The number of thiol groups is 1. The number of hydrogen-bond acceptors (Lipinski definition) is 4. The predicted molar refractivity (Wildman–Crippen MR) is 110 cm³/mol. The quantitative estimate of drug-likeness (QED) is 0.570. The number of carbonyl (C=O) groups is 1. The van der Waals surface area contributed by atoms with Crippen LogP contribution in [0.1, 0.15) is 22.8 Å². The average Bonchev–Trinajstić information content (AvgIpc) is 2.69. The lowest BCUT2D eigenvalue weighted by atomic mass is 9.94. The molecule has 0 bridgehead atoms. The fourth-order valence-corrected chi connectivity index (χ4v) is 3.82. The summed E-state index contributed by atoms with van der Waals surface area (Å²) in [5.74, 6) is -1.43. The van der Waals surface area contributed by atoms with Crippen LogP contribution in [0.3, 0.4) is 0 Å². The first kappa shape index (κ1) is 18.4. The number of carboxylic acid groups (broad SMARTS) is 1. The number of anilines is 2. The molecule has 28 heavy (non-hydrogen) atoms. The van der Waals surface area contributed by atoms with Crippen LogP contribution in [0.25, 0.3) is 11.1 Å². The van der Waals surface area contributed by atoms with E-state index in [-0.39, 0.29) is 12.2 Å². The molecule has 0 atom stereocenters. The summed E-state index contributed by atoms with van der Waals surface area (Å²) in [7, 11) is 0. The van der Waals surface area contributed by atoms with Gasteiger partial charge in [-0.15, -0.1) is 12.6 Å². The zero-order valence-corrected chi connectivity index (χ0v) is 16.0. The van der Waals surface area contributed by atoms with Crippen molar-refractivity contribution in [2.24, 2.45) is 0 Å². The van der Waals surface area contributed by atoms with Crippen LogP contribution in [-0.2, 0) is 6.61 Å². The molecule has 4 rings (SSSR count). The van der Waals surface area contributed by atoms with Gasteiger partial charge >= 0.3 is 5.97 Å². The molecule has 3 aromatic rings. The number of hydrogen-bond donors (Lipinski definition) is 2. The maximum absolute atomic E-state index is 14.0. The van der Waals surface area contributed by atoms with E-state index >= 15 is 0 Å². The van der Waals surface area contributed by atoms with E-state index in [1.807, 2.05) is 42.5 Å². The van der Waals surface area contributed by atoms with E-state index in [1.54, 1.807) is 0 Å². The third-order valence-corrected chi connectivity index (χ3v) is 5.21. The molecule has 0 unspecified atom stereocenters. The molecule has 0 radical (unpaired) electrons. The minimum atomic E-state index is -1.29. The Morgan fingerprint density at radius 3 is 2.61 bits per heavy atom. The summed E-state index contributed by atoms with van der Waals surface area (Å²) in [5, 5.41) is 9.25. The Balaban J connectivity index is 1.84. The third-order valence-electron chi connectivity index (χ3n) is 4.85. The molecule has 0 aliphatic carbocycles. The van der Waals surface area contributed by atoms with E-state index < -0.39 is 11.8 Å². The van der Waals surface area contributed by atoms with Gasteiger partial charge in [0.05, 0.1) is 11.3 Å². The lowest BCUT2D eigenvalue weighted by Gasteiger charge is -2.28. The number of nitrogens with zero attached hydrogens (tertiary/aromatic N) is 1. The number of ether oxygens (including phenoxy) is 1. The van der Waals surface area contributed by atoms with Gasteiger partial charge in [0.2, 0.25) is 0 Å². The smallest absolute Gasteiger partial charge is 0.338 e. The maximum Gasteiger partial charge on any atom is 0.338 e. The average molecular weight is 395 g/mol. The molecule has 4 nitrogen and oxygen atoms in total. The lowest BCUT2D eigenvalue weighted by molar-refractivity contribution is 0.0692. The Morgan fingerprint density at radius 1 is 1.18 bits per heavy atom. The fraction of sp³-hybridized carbons (Fsp3) is 0.136. The number of benzene rings is 3. The van der Waals surface area contributed by atoms with Crippen molar-refractivity contribution in [3.05, 3.63) is 71.5 Å². The van der Waals surface area contributed by atoms with E-state index in [9.17, 15) is 14.3 Å². The molecule has 6 heteroatoms. The molecule has 3 aromatic carbocycles. The van der Waals surface area contributed by atoms with Crippen molar-refractivity contribution < 1.29 is 19.0 Å². The molecule has 1 aliphatic rings. The first-order valence-corrected chi connectivity index (χ1v) is 9.32. The van der Waals surface area contributed by atoms with Crippen molar-refractivity contribution in [3.8, 4) is 16.9 Å². The lowest BCUT2D eigenvalue weighted by Crippen LogP contribution is -2.17. The van der Waals surface area contributed by atoms with Crippen LogP contribution in [0.5, 0.6) is 5.75 Å². The normalized spacial score (nSPS) is 12.0. The molecule has 0 saturated heterocycles. The highest BCUT2D eigenvalue weighted by atomic mass is 32.1. The molecule has 142 valence electrons. The Kier molecular flexibility index (Phi) is 4.73. The van der Waals surface area contributed by atoms with E-state index in [1.165, 1.54) is 12.1 Å². The highest BCUT2D eigenvalue weighted by Gasteiger charge is 2.24. The van der Waals surface area contributed by atoms with Crippen LogP contribution in [0.2, 0.25) is 0 Å². The number of aromatic carboxylic acids is 1. The van der Waals surface area contributed by atoms with Crippen LogP contribution in [0.15, 0.2) is 59.5 Å². The largest absolute Gasteiger partial charge is 0.488 e. The Bertz CT molecular complexity index is 1070. The summed E-state index contributed by atoms with van der Waals surface area (Å²) < 4.78 is 19.9. The van der Waals surface area contributed by atoms with Crippen LogP contribution < -0.4 is 9.64 Å². The predicted octanol–water partition coefficient (Wildman–Crippen LogP) is 5.53. The van der Waals surface area contributed by atoms with Crippen molar-refractivity contribution in [1.82, 2.24) is 0 Å². The molecule has 0 aromatic heterocycles. The topological polar surface area (TPSA) is 49.8 Å². The standard InChI is InChI=1S/C22H18FNO3S/c1-2-24(14-6-4-3-5-7-14)19-11-20-16(10-21(19)28)15-9-17(22(25)26)18(23)8-13(15)12-27-20/h3-11,28H,2,12H2,1H3,(H,25,26). The molecule has 0 spiro atoms. The van der Waals surface area contributed by atoms with Gasteiger partial charge in [-0.1, -0.05) is 18.2 Å². The van der Waals surface area contributed by atoms with Gasteiger partial charge in [0, 0.05) is 34.3 Å². The van der Waals surface area contributed by atoms with Crippen molar-refractivity contribution in [2.45, 2.75) is 18.4 Å². The van der Waals surface area contributed by atoms with E-state index in [4.69, 9.17) is 4.74 Å². The van der Waals surface area contributed by atoms with Gasteiger partial charge in [0.15, 0.2) is 0 Å². The number of rotatable bonds is 4. The number of halogens is 1. The number of fused-ring (bicyclic) bond motifs is 3. The van der Waals surface area contributed by atoms with Gasteiger partial charge in [0.1, 0.15) is 18.2 Å². The SMILES string of the molecule is CCN(c1ccccc1)c1cc2c(cc1S)-c1cc(C(=O)O)c(F)cc1CO2. The monoisotopic (exact) mass is 395 g/mol. The van der Waals surface area contributed by atoms with E-state index in [2.05, 4.69) is 24.5 Å². The van der Waals surface area contributed by atoms with Crippen molar-refractivity contribution in [3.63, 3.8) is 0 Å². The van der Waals surface area contributed by atoms with Crippen LogP contribution >= 0.6 is 12.6 Å². The second-order valence-electron chi connectivity index (χ2n) is 6.50. The maximum atomic E-state index is 14.0. The molecule has 0 fully saturated rings. The molecular weight excluding hydrogens is 377 g/mol. The highest BCUT2D eigenvalue weighted by molar-refractivity contribution is 7.80. The van der Waals surface area contributed by atoms with Crippen molar-refractivity contribution in [2.75, 3.05) is 11.4 Å². The van der Waals surface area contributed by atoms with Gasteiger partial charge < -0.3 is 14.7 Å². The Hall–Kier alpha value is -2.99. The summed E-state index contributed by atoms with van der Waals surface area (Å²) >= 11 is 4.67. The zero-order chi connectivity index (χ0) is 19.8. The van der Waals surface area contributed by atoms with Gasteiger partial charge in [-0.2, -0.15) is 0 Å². The second-order valence-corrected chi connectivity index (χ2v) is 6.98. The summed E-state index contributed by atoms with van der Waals surface area (Å²) in [4.78, 5) is 14.2. The Morgan fingerprint density at radius 2 is 1.93 bits per heavy atom. The molecular formula is C22H18FNO3S. The van der Waals surface area contributed by atoms with E-state index in [0.29, 0.717) is 22.4 Å². The van der Waals surface area contributed by atoms with Crippen molar-refractivity contribution >= 4 is 30.0 Å². The molecule has 1 heterocycles. The minimum Gasteiger partial charge on any atom is -0.488 e. The zero-order valence-electron chi connectivity index (χ0n) is 15.1. The molecule has 0 amide bonds. The second kappa shape index (κ2) is 7.20. The Labute approximate surface area is 167 Å². The van der Waals surface area contributed by atoms with E-state index in [0.717, 1.165) is 22.8 Å². The third kappa shape index (κ3) is 3.10.